The molecule has 2 unspecified atom stereocenters. The van der Waals surface area contributed by atoms with Crippen molar-refractivity contribution < 1.29 is 0 Å². The topological polar surface area (TPSA) is 76.4 Å². The number of nitrogens with zero attached hydrogens (tertiary/aromatic N) is 1. The number of guanidine groups is 1. The lowest BCUT2D eigenvalue weighted by Gasteiger charge is -2.20. The number of hydrogen-bond donors (Lipinski definition) is 3. The lowest BCUT2D eigenvalue weighted by Crippen LogP contribution is -2.40. The average molecular weight is 206 g/mol. The highest BCUT2D eigenvalue weighted by Gasteiger charge is 2.39. The minimum atomic E-state index is 0.0810. The highest BCUT2D eigenvalue weighted by Crippen LogP contribution is 2.50. The van der Waals surface area contributed by atoms with E-state index in [1.807, 2.05) is 0 Å². The Morgan fingerprint density at radius 2 is 2.29 bits per heavy atom. The van der Waals surface area contributed by atoms with Gasteiger partial charge in [0.2, 0.25) is 0 Å². The molecule has 0 bridgehead atoms. The van der Waals surface area contributed by atoms with Gasteiger partial charge in [0.1, 0.15) is 11.2 Å². The molecule has 3 rings (SSSR count). The van der Waals surface area contributed by atoms with Crippen LogP contribution in [0.2, 0.25) is 0 Å². The molecule has 0 spiro atoms. The second-order valence-corrected chi connectivity index (χ2v) is 4.56. The van der Waals surface area contributed by atoms with Crippen molar-refractivity contribution in [3.63, 3.8) is 0 Å². The number of aliphatic imine (C=N–C) groups is 1. The van der Waals surface area contributed by atoms with Crippen molar-refractivity contribution in [2.75, 3.05) is 0 Å². The Hall–Kier alpha value is -1.36. The molecular formula is C9H10N4S. The molecule has 0 radical (unpaired) electrons. The Morgan fingerprint density at radius 3 is 3.14 bits per heavy atom. The van der Waals surface area contributed by atoms with Gasteiger partial charge >= 0.3 is 0 Å². The zero-order valence-corrected chi connectivity index (χ0v) is 8.21. The van der Waals surface area contributed by atoms with Gasteiger partial charge in [0, 0.05) is 11.5 Å². The standard InChI is InChI=1S/C9H10N4S/c10-7-6-4-2-1-3-5(4)14-8(6)13-9(11)12-7/h1-4,8H,10H2,(H3,11,12,13). The second kappa shape index (κ2) is 2.57. The highest BCUT2D eigenvalue weighted by atomic mass is 32.2. The van der Waals surface area contributed by atoms with E-state index in [9.17, 15) is 0 Å². The number of fused-ring (bicyclic) bond motifs is 3. The number of thioether (sulfide) groups is 1. The molecule has 2 heterocycles. The first-order valence-corrected chi connectivity index (χ1v) is 5.28. The van der Waals surface area contributed by atoms with E-state index in [0.717, 1.165) is 5.57 Å². The Bertz CT molecular complexity index is 419. The predicted octanol–water partition coefficient (Wildman–Crippen LogP) is 0.217. The molecule has 72 valence electrons. The van der Waals surface area contributed by atoms with Crippen LogP contribution in [0.3, 0.4) is 0 Å². The van der Waals surface area contributed by atoms with Gasteiger partial charge in [-0.2, -0.15) is 0 Å². The molecule has 1 fully saturated rings. The maximum Gasteiger partial charge on any atom is 0.195 e. The molecule has 1 saturated heterocycles. The Labute approximate surface area is 85.8 Å². The summed E-state index contributed by atoms with van der Waals surface area (Å²) in [6.07, 6.45) is 6.31. The lowest BCUT2D eigenvalue weighted by atomic mass is 10.0. The number of nitrogens with one attached hydrogen (secondary N) is 1. The van der Waals surface area contributed by atoms with Crippen molar-refractivity contribution in [3.05, 3.63) is 34.5 Å². The zero-order chi connectivity index (χ0) is 9.71. The smallest absolute Gasteiger partial charge is 0.195 e. The molecule has 0 amide bonds. The van der Waals surface area contributed by atoms with Gasteiger partial charge in [0.05, 0.1) is 0 Å². The van der Waals surface area contributed by atoms with Crippen LogP contribution in [-0.4, -0.2) is 11.3 Å². The number of allylic oxidation sites excluding steroid dienone is 4. The molecule has 5 heteroatoms. The predicted molar refractivity (Wildman–Crippen MR) is 58.1 cm³/mol. The third kappa shape index (κ3) is 0.928. The third-order valence-corrected chi connectivity index (χ3v) is 3.79. The number of rotatable bonds is 0. The van der Waals surface area contributed by atoms with E-state index in [2.05, 4.69) is 28.5 Å². The van der Waals surface area contributed by atoms with Crippen LogP contribution in [0.25, 0.3) is 0 Å². The van der Waals surface area contributed by atoms with E-state index < -0.39 is 0 Å². The Morgan fingerprint density at radius 1 is 1.43 bits per heavy atom. The van der Waals surface area contributed by atoms with Gasteiger partial charge in [0.15, 0.2) is 5.96 Å². The Kier molecular flexibility index (Phi) is 1.47. The minimum absolute atomic E-state index is 0.0810. The van der Waals surface area contributed by atoms with E-state index in [0.29, 0.717) is 17.7 Å². The monoisotopic (exact) mass is 206 g/mol. The normalized spacial score (nSPS) is 33.4. The van der Waals surface area contributed by atoms with E-state index in [1.54, 1.807) is 11.8 Å². The molecule has 5 N–H and O–H groups in total. The molecule has 2 aliphatic heterocycles. The molecule has 0 aromatic carbocycles. The molecule has 2 atom stereocenters. The second-order valence-electron chi connectivity index (χ2n) is 3.41. The molecule has 0 saturated carbocycles. The fourth-order valence-electron chi connectivity index (χ4n) is 1.94. The summed E-state index contributed by atoms with van der Waals surface area (Å²) in [5, 5.41) is 2.95. The van der Waals surface area contributed by atoms with Crippen molar-refractivity contribution in [1.82, 2.24) is 5.32 Å². The van der Waals surface area contributed by atoms with Crippen molar-refractivity contribution >= 4 is 17.7 Å². The lowest BCUT2D eigenvalue weighted by molar-refractivity contribution is 0.817. The summed E-state index contributed by atoms with van der Waals surface area (Å²) < 4.78 is 0. The molecule has 1 aliphatic carbocycles. The molecule has 4 nitrogen and oxygen atoms in total. The van der Waals surface area contributed by atoms with Crippen molar-refractivity contribution in [2.45, 2.75) is 5.37 Å². The molecule has 3 aliphatic rings. The summed E-state index contributed by atoms with van der Waals surface area (Å²) in [4.78, 5) is 5.62. The largest absolute Gasteiger partial charge is 0.385 e. The minimum Gasteiger partial charge on any atom is -0.385 e. The first-order chi connectivity index (χ1) is 6.75. The van der Waals surface area contributed by atoms with Gasteiger partial charge in [-0.1, -0.05) is 30.0 Å². The average Bonchev–Trinajstić information content (AvgIpc) is 2.60. The molecule has 14 heavy (non-hydrogen) atoms. The van der Waals surface area contributed by atoms with Crippen LogP contribution in [0.4, 0.5) is 0 Å². The highest BCUT2D eigenvalue weighted by molar-refractivity contribution is 8.04. The maximum absolute atomic E-state index is 5.90. The quantitative estimate of drug-likeness (QED) is 0.530. The first kappa shape index (κ1) is 7.99. The zero-order valence-electron chi connectivity index (χ0n) is 7.40. The van der Waals surface area contributed by atoms with Gasteiger partial charge in [-0.05, 0) is 4.91 Å². The molecule has 0 aromatic heterocycles. The van der Waals surface area contributed by atoms with E-state index in [-0.39, 0.29) is 5.37 Å². The van der Waals surface area contributed by atoms with Crippen LogP contribution >= 0.6 is 11.8 Å². The van der Waals surface area contributed by atoms with E-state index >= 15 is 0 Å². The van der Waals surface area contributed by atoms with Crippen molar-refractivity contribution in [2.24, 2.45) is 22.4 Å². The molecular weight excluding hydrogens is 196 g/mol. The summed E-state index contributed by atoms with van der Waals surface area (Å²) in [5.41, 5.74) is 12.6. The van der Waals surface area contributed by atoms with Crippen LogP contribution in [0.5, 0.6) is 0 Å². The maximum atomic E-state index is 5.90. The van der Waals surface area contributed by atoms with Crippen molar-refractivity contribution in [1.29, 1.82) is 0 Å². The van der Waals surface area contributed by atoms with Gasteiger partial charge in [0.25, 0.3) is 0 Å². The summed E-state index contributed by atoms with van der Waals surface area (Å²) in [5.74, 6) is 1.40. The van der Waals surface area contributed by atoms with Crippen LogP contribution in [0, 0.1) is 5.92 Å². The SMILES string of the molecule is NC1=NC2SC3=CC=CC3C2=C(N)N1. The summed E-state index contributed by atoms with van der Waals surface area (Å²) >= 11 is 1.73. The summed E-state index contributed by atoms with van der Waals surface area (Å²) in [7, 11) is 0. The van der Waals surface area contributed by atoms with E-state index in [4.69, 9.17) is 11.5 Å². The third-order valence-electron chi connectivity index (χ3n) is 2.55. The van der Waals surface area contributed by atoms with Gasteiger partial charge in [-0.15, -0.1) is 0 Å². The van der Waals surface area contributed by atoms with E-state index in [1.165, 1.54) is 4.91 Å². The molecule has 0 aromatic rings. The van der Waals surface area contributed by atoms with Gasteiger partial charge < -0.3 is 16.8 Å². The number of nitrogens with two attached hydrogens (primary N) is 2. The summed E-state index contributed by atoms with van der Waals surface area (Å²) in [6, 6.07) is 0. The van der Waals surface area contributed by atoms with Crippen LogP contribution < -0.4 is 16.8 Å². The summed E-state index contributed by atoms with van der Waals surface area (Å²) in [6.45, 7) is 0. The van der Waals surface area contributed by atoms with Gasteiger partial charge in [-0.25, -0.2) is 4.99 Å². The van der Waals surface area contributed by atoms with Crippen LogP contribution in [-0.2, 0) is 0 Å². The van der Waals surface area contributed by atoms with Crippen LogP contribution in [0.15, 0.2) is 39.5 Å². The fraction of sp³-hybridized carbons (Fsp3) is 0.222. The van der Waals surface area contributed by atoms with Gasteiger partial charge in [-0.3, -0.25) is 0 Å². The van der Waals surface area contributed by atoms with Crippen LogP contribution in [0.1, 0.15) is 0 Å². The number of hydrogen-bond acceptors (Lipinski definition) is 5. The first-order valence-electron chi connectivity index (χ1n) is 4.40. The Balaban J connectivity index is 2.08. The fourth-order valence-corrected chi connectivity index (χ4v) is 3.27. The van der Waals surface area contributed by atoms with Crippen molar-refractivity contribution in [3.8, 4) is 0 Å².